The van der Waals surface area contributed by atoms with Gasteiger partial charge in [0, 0.05) is 23.2 Å². The van der Waals surface area contributed by atoms with Crippen LogP contribution in [0.4, 0.5) is 11.4 Å². The molecule has 41 heavy (non-hydrogen) atoms. The van der Waals surface area contributed by atoms with Gasteiger partial charge in [-0.1, -0.05) is 59.8 Å². The molecular formula is C31H27N3O6S. The van der Waals surface area contributed by atoms with Crippen LogP contribution in [0.2, 0.25) is 0 Å². The Morgan fingerprint density at radius 2 is 1.59 bits per heavy atom. The van der Waals surface area contributed by atoms with E-state index in [1.165, 1.54) is 40.7 Å². The fourth-order valence-corrected chi connectivity index (χ4v) is 6.14. The van der Waals surface area contributed by atoms with Gasteiger partial charge in [0.1, 0.15) is 12.3 Å². The zero-order valence-corrected chi connectivity index (χ0v) is 23.0. The summed E-state index contributed by atoms with van der Waals surface area (Å²) in [5, 5.41) is 16.7. The highest BCUT2D eigenvalue weighted by Crippen LogP contribution is 2.32. The Morgan fingerprint density at radius 1 is 0.902 bits per heavy atom. The van der Waals surface area contributed by atoms with Crippen molar-refractivity contribution in [1.29, 1.82) is 0 Å². The smallest absolute Gasteiger partial charge is 0.337 e. The first-order valence-corrected chi connectivity index (χ1v) is 14.4. The summed E-state index contributed by atoms with van der Waals surface area (Å²) in [6, 6.07) is 26.7. The average Bonchev–Trinajstić information content (AvgIpc) is 3.44. The summed E-state index contributed by atoms with van der Waals surface area (Å²) in [5.74, 6) is -1.82. The third-order valence-electron chi connectivity index (χ3n) is 6.65. The zero-order chi connectivity index (χ0) is 29.0. The number of aromatic carboxylic acids is 1. The van der Waals surface area contributed by atoms with Crippen molar-refractivity contribution in [3.8, 4) is 0 Å². The largest absolute Gasteiger partial charge is 0.478 e. The summed E-state index contributed by atoms with van der Waals surface area (Å²) >= 11 is 0. The van der Waals surface area contributed by atoms with Gasteiger partial charge < -0.3 is 15.3 Å². The van der Waals surface area contributed by atoms with Crippen LogP contribution in [-0.4, -0.2) is 44.3 Å². The molecule has 1 aliphatic heterocycles. The number of nitrogens with zero attached hydrogens (tertiary/aromatic N) is 2. The summed E-state index contributed by atoms with van der Waals surface area (Å²) in [5.41, 5.74) is 3.43. The van der Waals surface area contributed by atoms with E-state index in [9.17, 15) is 23.1 Å². The van der Waals surface area contributed by atoms with Crippen molar-refractivity contribution in [2.75, 3.05) is 22.8 Å². The van der Waals surface area contributed by atoms with E-state index >= 15 is 0 Å². The van der Waals surface area contributed by atoms with Gasteiger partial charge in [0.15, 0.2) is 0 Å². The highest BCUT2D eigenvalue weighted by molar-refractivity contribution is 7.92. The van der Waals surface area contributed by atoms with Crippen LogP contribution in [0, 0.1) is 0 Å². The molecule has 10 heteroatoms. The number of sulfonamides is 1. The number of benzene rings is 4. The van der Waals surface area contributed by atoms with Crippen LogP contribution in [0.1, 0.15) is 44.3 Å². The Morgan fingerprint density at radius 3 is 2.29 bits per heavy atom. The van der Waals surface area contributed by atoms with E-state index in [2.05, 4.69) is 10.5 Å². The Kier molecular flexibility index (Phi) is 7.84. The molecule has 0 saturated carbocycles. The third kappa shape index (κ3) is 5.68. The van der Waals surface area contributed by atoms with Gasteiger partial charge in [-0.25, -0.2) is 13.2 Å². The summed E-state index contributed by atoms with van der Waals surface area (Å²) in [4.78, 5) is 30.5. The minimum Gasteiger partial charge on any atom is -0.478 e. The molecule has 1 heterocycles. The van der Waals surface area contributed by atoms with E-state index in [1.807, 2.05) is 42.5 Å². The lowest BCUT2D eigenvalue weighted by molar-refractivity contribution is 0.0698. The molecule has 5 rings (SSSR count). The number of nitrogens with one attached hydrogen (secondary N) is 1. The summed E-state index contributed by atoms with van der Waals surface area (Å²) in [6.45, 7) is 2.47. The van der Waals surface area contributed by atoms with Crippen molar-refractivity contribution < 1.29 is 28.0 Å². The van der Waals surface area contributed by atoms with Crippen LogP contribution in [0.25, 0.3) is 0 Å². The monoisotopic (exact) mass is 569 g/mol. The fraction of sp³-hybridized carbons (Fsp3) is 0.129. The molecule has 0 spiro atoms. The molecule has 0 fully saturated rings. The Hall–Kier alpha value is -4.96. The first-order valence-electron chi connectivity index (χ1n) is 12.9. The Labute approximate surface area is 237 Å². The van der Waals surface area contributed by atoms with E-state index in [-0.39, 0.29) is 21.7 Å². The topological polar surface area (TPSA) is 125 Å². The van der Waals surface area contributed by atoms with Gasteiger partial charge in [-0.2, -0.15) is 0 Å². The molecule has 0 radical (unpaired) electrons. The van der Waals surface area contributed by atoms with Gasteiger partial charge in [0.2, 0.25) is 0 Å². The molecule has 0 aliphatic carbocycles. The highest BCUT2D eigenvalue weighted by atomic mass is 32.2. The third-order valence-corrected chi connectivity index (χ3v) is 8.48. The number of hydrogen-bond acceptors (Lipinski definition) is 6. The Balaban J connectivity index is 1.38. The quantitative estimate of drug-likeness (QED) is 0.211. The molecule has 0 aromatic heterocycles. The predicted molar refractivity (Wildman–Crippen MR) is 156 cm³/mol. The van der Waals surface area contributed by atoms with Gasteiger partial charge in [0.25, 0.3) is 15.9 Å². The fourth-order valence-electron chi connectivity index (χ4n) is 4.63. The molecule has 0 saturated heterocycles. The van der Waals surface area contributed by atoms with Crippen molar-refractivity contribution in [3.05, 3.63) is 125 Å². The number of anilines is 2. The average molecular weight is 570 g/mol. The van der Waals surface area contributed by atoms with Gasteiger partial charge in [0.05, 0.1) is 21.8 Å². The number of carboxylic acid groups (broad SMARTS) is 1. The Bertz CT molecular complexity index is 1740. The van der Waals surface area contributed by atoms with Gasteiger partial charge in [-0.3, -0.25) is 9.10 Å². The second-order valence-corrected chi connectivity index (χ2v) is 11.1. The maximum absolute atomic E-state index is 13.3. The van der Waals surface area contributed by atoms with E-state index in [4.69, 9.17) is 4.84 Å². The van der Waals surface area contributed by atoms with Crippen molar-refractivity contribution in [1.82, 2.24) is 0 Å². The van der Waals surface area contributed by atoms with Gasteiger partial charge in [-0.15, -0.1) is 0 Å². The molecule has 4 aromatic rings. The van der Waals surface area contributed by atoms with E-state index < -0.39 is 21.9 Å². The van der Waals surface area contributed by atoms with Crippen molar-refractivity contribution in [2.24, 2.45) is 5.16 Å². The number of amides is 1. The molecule has 0 atom stereocenters. The second kappa shape index (κ2) is 11.6. The molecule has 4 aromatic carbocycles. The summed E-state index contributed by atoms with van der Waals surface area (Å²) < 4.78 is 27.9. The number of rotatable bonds is 9. The second-order valence-electron chi connectivity index (χ2n) is 9.22. The normalized spacial score (nSPS) is 13.0. The van der Waals surface area contributed by atoms with Crippen molar-refractivity contribution in [2.45, 2.75) is 18.2 Å². The number of para-hydroxylation sites is 1. The minimum absolute atomic E-state index is 0.0587. The molecule has 2 N–H and O–H groups in total. The molecule has 9 nitrogen and oxygen atoms in total. The van der Waals surface area contributed by atoms with Gasteiger partial charge in [-0.05, 0) is 61.4 Å². The van der Waals surface area contributed by atoms with Crippen LogP contribution in [0.5, 0.6) is 0 Å². The molecular weight excluding hydrogens is 542 g/mol. The maximum Gasteiger partial charge on any atom is 0.337 e. The van der Waals surface area contributed by atoms with Crippen LogP contribution in [0.15, 0.2) is 107 Å². The van der Waals surface area contributed by atoms with Crippen LogP contribution in [0.3, 0.4) is 0 Å². The standard InChI is InChI=1S/C31H27N3O6S/c1-2-40-33-29(22-9-4-3-5-10-22)24-14-17-27(26(20-24)31(36)37)32-30(35)23-12-15-25(16-13-23)41(38,39)34-19-18-21-8-6-7-11-28(21)34/h3-17,20H,2,18-19H2,1H3,(H,32,35)(H,36,37)/b33-29+. The first kappa shape index (κ1) is 27.6. The SMILES string of the molecule is CCO/N=C(\c1ccccc1)c1ccc(NC(=O)c2ccc(S(=O)(=O)N3CCc4ccccc43)cc2)c(C(=O)O)c1. The van der Waals surface area contributed by atoms with E-state index in [1.54, 1.807) is 25.1 Å². The van der Waals surface area contributed by atoms with Crippen molar-refractivity contribution >= 4 is 39.0 Å². The van der Waals surface area contributed by atoms with Crippen molar-refractivity contribution in [3.63, 3.8) is 0 Å². The summed E-state index contributed by atoms with van der Waals surface area (Å²) in [6.07, 6.45) is 0.630. The lowest BCUT2D eigenvalue weighted by Gasteiger charge is -2.19. The molecule has 0 unspecified atom stereocenters. The first-order chi connectivity index (χ1) is 19.8. The molecule has 0 bridgehead atoms. The van der Waals surface area contributed by atoms with Crippen LogP contribution in [-0.2, 0) is 21.3 Å². The molecule has 1 aliphatic rings. The number of oxime groups is 1. The number of fused-ring (bicyclic) bond motifs is 1. The summed E-state index contributed by atoms with van der Waals surface area (Å²) in [7, 11) is -3.81. The zero-order valence-electron chi connectivity index (χ0n) is 22.2. The molecule has 1 amide bonds. The number of hydrogen-bond donors (Lipinski definition) is 2. The maximum atomic E-state index is 13.3. The number of carboxylic acids is 1. The van der Waals surface area contributed by atoms with Crippen LogP contribution < -0.4 is 9.62 Å². The highest BCUT2D eigenvalue weighted by Gasteiger charge is 2.30. The number of carbonyl (C=O) groups is 2. The van der Waals surface area contributed by atoms with E-state index in [0.29, 0.717) is 36.5 Å². The predicted octanol–water partition coefficient (Wildman–Crippen LogP) is 5.18. The van der Waals surface area contributed by atoms with Crippen LogP contribution >= 0.6 is 0 Å². The molecule has 208 valence electrons. The lowest BCUT2D eigenvalue weighted by atomic mass is 9.99. The lowest BCUT2D eigenvalue weighted by Crippen LogP contribution is -2.29. The van der Waals surface area contributed by atoms with E-state index in [0.717, 1.165) is 11.1 Å². The minimum atomic E-state index is -3.81. The van der Waals surface area contributed by atoms with Gasteiger partial charge >= 0.3 is 5.97 Å². The number of carbonyl (C=O) groups excluding carboxylic acids is 1.